The number of carbonyl (C=O) groups excluding carboxylic acids is 1. The van der Waals surface area contributed by atoms with Gasteiger partial charge in [0, 0.05) is 12.1 Å². The predicted molar refractivity (Wildman–Crippen MR) is 113 cm³/mol. The van der Waals surface area contributed by atoms with E-state index in [2.05, 4.69) is 6.07 Å². The van der Waals surface area contributed by atoms with Crippen molar-refractivity contribution in [2.75, 3.05) is 13.7 Å². The quantitative estimate of drug-likeness (QED) is 0.633. The van der Waals surface area contributed by atoms with Gasteiger partial charge in [-0.1, -0.05) is 48.5 Å². The molecule has 5 nitrogen and oxygen atoms in total. The maximum absolute atomic E-state index is 13.0. The number of rotatable bonds is 5. The van der Waals surface area contributed by atoms with Gasteiger partial charge in [0.2, 0.25) is 0 Å². The van der Waals surface area contributed by atoms with Crippen molar-refractivity contribution in [3.63, 3.8) is 0 Å². The van der Waals surface area contributed by atoms with E-state index in [0.717, 1.165) is 16.7 Å². The largest absolute Gasteiger partial charge is 0.493 e. The predicted octanol–water partition coefficient (Wildman–Crippen LogP) is 4.54. The van der Waals surface area contributed by atoms with E-state index in [1.807, 2.05) is 60.7 Å². The smallest absolute Gasteiger partial charge is 0.255 e. The van der Waals surface area contributed by atoms with Crippen molar-refractivity contribution >= 4 is 5.91 Å². The molecule has 3 aromatic rings. The summed E-state index contributed by atoms with van der Waals surface area (Å²) in [7, 11) is 1.58. The maximum Gasteiger partial charge on any atom is 0.255 e. The van der Waals surface area contributed by atoms with Crippen LogP contribution >= 0.6 is 0 Å². The zero-order valence-electron chi connectivity index (χ0n) is 16.7. The van der Waals surface area contributed by atoms with Crippen LogP contribution < -0.4 is 9.47 Å². The zero-order valence-corrected chi connectivity index (χ0v) is 16.7. The first kappa shape index (κ1) is 19.5. The number of fused-ring (bicyclic) bond motifs is 1. The van der Waals surface area contributed by atoms with Gasteiger partial charge in [0.05, 0.1) is 13.2 Å². The lowest BCUT2D eigenvalue weighted by Gasteiger charge is -2.34. The lowest BCUT2D eigenvalue weighted by Crippen LogP contribution is -2.39. The van der Waals surface area contributed by atoms with Crippen LogP contribution in [-0.4, -0.2) is 24.5 Å². The Labute approximate surface area is 176 Å². The van der Waals surface area contributed by atoms with Gasteiger partial charge in [-0.15, -0.1) is 0 Å². The molecule has 0 aliphatic carbocycles. The number of hydrogen-bond acceptors (Lipinski definition) is 4. The number of benzene rings is 3. The zero-order chi connectivity index (χ0) is 20.9. The monoisotopic (exact) mass is 398 g/mol. The van der Waals surface area contributed by atoms with E-state index in [-0.39, 0.29) is 5.91 Å². The van der Waals surface area contributed by atoms with E-state index in [1.54, 1.807) is 24.1 Å². The van der Waals surface area contributed by atoms with E-state index in [0.29, 0.717) is 36.6 Å². The van der Waals surface area contributed by atoms with Crippen LogP contribution in [0, 0.1) is 11.3 Å². The summed E-state index contributed by atoms with van der Waals surface area (Å²) in [5.41, 5.74) is 3.43. The molecule has 30 heavy (non-hydrogen) atoms. The molecule has 4 rings (SSSR count). The Morgan fingerprint density at radius 2 is 1.77 bits per heavy atom. The summed E-state index contributed by atoms with van der Waals surface area (Å²) in [4.78, 5) is 14.6. The molecule has 0 saturated carbocycles. The fourth-order valence-electron chi connectivity index (χ4n) is 3.74. The number of nitrogens with zero attached hydrogens (tertiary/aromatic N) is 2. The van der Waals surface area contributed by atoms with E-state index in [9.17, 15) is 10.1 Å². The van der Waals surface area contributed by atoms with Crippen LogP contribution in [0.4, 0.5) is 0 Å². The van der Waals surface area contributed by atoms with Crippen LogP contribution in [0.15, 0.2) is 72.8 Å². The summed E-state index contributed by atoms with van der Waals surface area (Å²) in [6.07, 6.45) is 0.651. The summed E-state index contributed by atoms with van der Waals surface area (Å²) in [6.45, 7) is 0.902. The molecule has 0 aromatic heterocycles. The highest BCUT2D eigenvalue weighted by atomic mass is 16.5. The first-order valence-electron chi connectivity index (χ1n) is 9.84. The molecule has 150 valence electrons. The van der Waals surface area contributed by atoms with E-state index >= 15 is 0 Å². The van der Waals surface area contributed by atoms with Gasteiger partial charge in [0.1, 0.15) is 12.6 Å². The lowest BCUT2D eigenvalue weighted by molar-refractivity contribution is 0.0705. The summed E-state index contributed by atoms with van der Waals surface area (Å²) in [5, 5.41) is 9.87. The molecule has 3 aromatic carbocycles. The highest BCUT2D eigenvalue weighted by Crippen LogP contribution is 2.38. The molecule has 1 atom stereocenters. The Kier molecular flexibility index (Phi) is 5.67. The fraction of sp³-hybridized carbons (Fsp3) is 0.200. The van der Waals surface area contributed by atoms with Gasteiger partial charge >= 0.3 is 0 Å². The van der Waals surface area contributed by atoms with Gasteiger partial charge in [0.25, 0.3) is 5.91 Å². The van der Waals surface area contributed by atoms with Gasteiger partial charge in [-0.25, -0.2) is 0 Å². The lowest BCUT2D eigenvalue weighted by atomic mass is 9.92. The Balaban J connectivity index is 1.62. The van der Waals surface area contributed by atoms with Crippen molar-refractivity contribution in [2.45, 2.75) is 19.1 Å². The highest BCUT2D eigenvalue weighted by Gasteiger charge is 2.32. The molecule has 0 bridgehead atoms. The Morgan fingerprint density at radius 3 is 2.43 bits per heavy atom. The van der Waals surface area contributed by atoms with Crippen molar-refractivity contribution in [3.05, 3.63) is 95.1 Å². The first-order valence-corrected chi connectivity index (χ1v) is 9.84. The normalized spacial score (nSPS) is 15.1. The van der Waals surface area contributed by atoms with Crippen LogP contribution in [-0.2, 0) is 13.0 Å². The molecule has 0 fully saturated rings. The minimum absolute atomic E-state index is 0.142. The maximum atomic E-state index is 13.0. The van der Waals surface area contributed by atoms with Crippen molar-refractivity contribution in [1.29, 1.82) is 5.26 Å². The summed E-state index contributed by atoms with van der Waals surface area (Å²) in [6, 6.07) is 24.4. The van der Waals surface area contributed by atoms with Gasteiger partial charge in [-0.05, 0) is 47.4 Å². The molecule has 0 N–H and O–H groups in total. The molecule has 1 amide bonds. The fourth-order valence-corrected chi connectivity index (χ4v) is 3.74. The molecular weight excluding hydrogens is 376 g/mol. The molecule has 0 saturated heterocycles. The van der Waals surface area contributed by atoms with E-state index in [1.165, 1.54) is 0 Å². The first-order chi connectivity index (χ1) is 14.7. The van der Waals surface area contributed by atoms with Gasteiger partial charge in [-0.2, -0.15) is 5.26 Å². The number of methoxy groups -OCH3 is 1. The number of ether oxygens (including phenoxy) is 2. The third-order valence-electron chi connectivity index (χ3n) is 5.29. The van der Waals surface area contributed by atoms with Crippen molar-refractivity contribution in [2.24, 2.45) is 0 Å². The average Bonchev–Trinajstić information content (AvgIpc) is 2.82. The number of hydrogen-bond donors (Lipinski definition) is 0. The SMILES string of the molecule is COc1cc2c(cc1OCc1ccccc1)CCN(C(=O)c1ccccc1)[C@@H]2C#N. The van der Waals surface area contributed by atoms with Crippen LogP contribution in [0.2, 0.25) is 0 Å². The standard InChI is InChI=1S/C25H22N2O3/c1-29-23-15-21-20(14-24(23)30-17-18-8-4-2-5-9-18)12-13-27(22(21)16-26)25(28)19-10-6-3-7-11-19/h2-11,14-15,22H,12-13,17H2,1H3/t22-/m1/s1. The Morgan fingerprint density at radius 1 is 1.07 bits per heavy atom. The number of nitriles is 1. The van der Waals surface area contributed by atoms with Gasteiger partial charge in [-0.3, -0.25) is 4.79 Å². The second kappa shape index (κ2) is 8.71. The van der Waals surface area contributed by atoms with Gasteiger partial charge < -0.3 is 14.4 Å². The van der Waals surface area contributed by atoms with E-state index in [4.69, 9.17) is 9.47 Å². The van der Waals surface area contributed by atoms with Gasteiger partial charge in [0.15, 0.2) is 11.5 Å². The molecule has 5 heteroatoms. The minimum atomic E-state index is -0.668. The molecule has 1 aliphatic rings. The minimum Gasteiger partial charge on any atom is -0.493 e. The number of carbonyl (C=O) groups is 1. The molecule has 1 aliphatic heterocycles. The molecule has 0 radical (unpaired) electrons. The Bertz CT molecular complexity index is 1070. The van der Waals surface area contributed by atoms with Crippen LogP contribution in [0.3, 0.4) is 0 Å². The third-order valence-corrected chi connectivity index (χ3v) is 5.29. The third kappa shape index (κ3) is 3.85. The number of amides is 1. The summed E-state index contributed by atoms with van der Waals surface area (Å²) < 4.78 is 11.5. The van der Waals surface area contributed by atoms with Crippen molar-refractivity contribution < 1.29 is 14.3 Å². The van der Waals surface area contributed by atoms with Crippen molar-refractivity contribution in [3.8, 4) is 17.6 Å². The van der Waals surface area contributed by atoms with Crippen molar-refractivity contribution in [1.82, 2.24) is 4.90 Å². The second-order valence-electron chi connectivity index (χ2n) is 7.12. The molecule has 0 unspecified atom stereocenters. The van der Waals surface area contributed by atoms with Crippen LogP contribution in [0.1, 0.15) is 33.1 Å². The molecular formula is C25H22N2O3. The van der Waals surface area contributed by atoms with E-state index < -0.39 is 6.04 Å². The molecule has 1 heterocycles. The van der Waals surface area contributed by atoms with Crippen LogP contribution in [0.5, 0.6) is 11.5 Å². The second-order valence-corrected chi connectivity index (χ2v) is 7.12. The Hall–Kier alpha value is -3.78. The summed E-state index contributed by atoms with van der Waals surface area (Å²) >= 11 is 0. The highest BCUT2D eigenvalue weighted by molar-refractivity contribution is 5.95. The topological polar surface area (TPSA) is 62.6 Å². The molecule has 0 spiro atoms. The summed E-state index contributed by atoms with van der Waals surface area (Å²) in [5.74, 6) is 1.05. The average molecular weight is 398 g/mol. The van der Waals surface area contributed by atoms with Crippen LogP contribution in [0.25, 0.3) is 0 Å².